The molecule has 1 atom stereocenters. The van der Waals surface area contributed by atoms with Crippen molar-refractivity contribution in [2.75, 3.05) is 5.75 Å². The smallest absolute Gasteiger partial charge is 0.273 e. The zero-order valence-electron chi connectivity index (χ0n) is 13.5. The molecular formula is C17H22N2O3S. The second-order valence-corrected chi connectivity index (χ2v) is 7.95. The van der Waals surface area contributed by atoms with Crippen LogP contribution in [-0.4, -0.2) is 26.0 Å². The summed E-state index contributed by atoms with van der Waals surface area (Å²) in [5.74, 6) is 0.631. The van der Waals surface area contributed by atoms with E-state index in [-0.39, 0.29) is 10.6 Å². The van der Waals surface area contributed by atoms with E-state index in [1.54, 1.807) is 26.0 Å². The number of nitro groups is 1. The van der Waals surface area contributed by atoms with Gasteiger partial charge in [0.15, 0.2) is 0 Å². The largest absolute Gasteiger partial charge is 0.383 e. The summed E-state index contributed by atoms with van der Waals surface area (Å²) < 4.78 is 0. The number of H-pyrrole nitrogens is 1. The van der Waals surface area contributed by atoms with Gasteiger partial charge in [0, 0.05) is 39.2 Å². The average molecular weight is 334 g/mol. The fourth-order valence-corrected chi connectivity index (χ4v) is 4.56. The van der Waals surface area contributed by atoms with Crippen LogP contribution in [-0.2, 0) is 5.60 Å². The van der Waals surface area contributed by atoms with Crippen LogP contribution in [0.4, 0.5) is 5.69 Å². The Labute approximate surface area is 139 Å². The maximum absolute atomic E-state index is 11.1. The van der Waals surface area contributed by atoms with Crippen LogP contribution in [0.3, 0.4) is 0 Å². The maximum Gasteiger partial charge on any atom is 0.273 e. The highest BCUT2D eigenvalue weighted by Crippen LogP contribution is 2.35. The summed E-state index contributed by atoms with van der Waals surface area (Å²) in [4.78, 5) is 13.9. The normalized spacial score (nSPS) is 18.4. The van der Waals surface area contributed by atoms with Gasteiger partial charge in [0.1, 0.15) is 5.60 Å². The minimum atomic E-state index is -0.963. The van der Waals surface area contributed by atoms with E-state index in [4.69, 9.17) is 0 Å². The van der Waals surface area contributed by atoms with Crippen molar-refractivity contribution in [1.29, 1.82) is 0 Å². The number of thioether (sulfide) groups is 1. The molecule has 1 aliphatic rings. The van der Waals surface area contributed by atoms with Gasteiger partial charge in [-0.3, -0.25) is 10.1 Å². The Morgan fingerprint density at radius 2 is 2.09 bits per heavy atom. The first-order chi connectivity index (χ1) is 10.9. The molecule has 0 saturated heterocycles. The van der Waals surface area contributed by atoms with Crippen molar-refractivity contribution >= 4 is 28.4 Å². The lowest BCUT2D eigenvalue weighted by Crippen LogP contribution is -2.25. The average Bonchev–Trinajstić information content (AvgIpc) is 3.13. The van der Waals surface area contributed by atoms with Gasteiger partial charge in [-0.25, -0.2) is 0 Å². The number of nitrogens with one attached hydrogen (secondary N) is 1. The standard InChI is InChI=1S/C17H22N2O3S/c1-11-7-14-12(8-15(11)19(21)22)9-16(18-14)17(2,20)10-23-13-5-3-4-6-13/h7-9,13,18,20H,3-6,10H2,1-2H3. The fraction of sp³-hybridized carbons (Fsp3) is 0.529. The van der Waals surface area contributed by atoms with E-state index in [0.29, 0.717) is 16.6 Å². The van der Waals surface area contributed by atoms with Crippen molar-refractivity contribution in [3.63, 3.8) is 0 Å². The third kappa shape index (κ3) is 3.38. The summed E-state index contributed by atoms with van der Waals surface area (Å²) in [7, 11) is 0. The number of aliphatic hydroxyl groups is 1. The van der Waals surface area contributed by atoms with Crippen molar-refractivity contribution in [3.8, 4) is 0 Å². The van der Waals surface area contributed by atoms with Crippen LogP contribution in [0.2, 0.25) is 0 Å². The van der Waals surface area contributed by atoms with Crippen LogP contribution in [0.15, 0.2) is 18.2 Å². The Bertz CT molecular complexity index is 733. The first-order valence-corrected chi connectivity index (χ1v) is 9.04. The molecular weight excluding hydrogens is 312 g/mol. The van der Waals surface area contributed by atoms with Crippen LogP contribution in [0.5, 0.6) is 0 Å². The maximum atomic E-state index is 11.1. The van der Waals surface area contributed by atoms with E-state index >= 15 is 0 Å². The lowest BCUT2D eigenvalue weighted by Gasteiger charge is -2.23. The number of fused-ring (bicyclic) bond motifs is 1. The van der Waals surface area contributed by atoms with Crippen LogP contribution in [0.25, 0.3) is 10.9 Å². The number of nitro benzene ring substituents is 1. The molecule has 0 spiro atoms. The van der Waals surface area contributed by atoms with Crippen molar-refractivity contribution < 1.29 is 10.0 Å². The molecule has 124 valence electrons. The van der Waals surface area contributed by atoms with Gasteiger partial charge in [0.05, 0.1) is 4.92 Å². The zero-order valence-corrected chi connectivity index (χ0v) is 14.3. The van der Waals surface area contributed by atoms with E-state index in [1.165, 1.54) is 25.7 Å². The minimum absolute atomic E-state index is 0.114. The Morgan fingerprint density at radius 1 is 1.39 bits per heavy atom. The van der Waals surface area contributed by atoms with Crippen molar-refractivity contribution in [1.82, 2.24) is 4.98 Å². The highest BCUT2D eigenvalue weighted by Gasteiger charge is 2.28. The molecule has 5 nitrogen and oxygen atoms in total. The number of nitrogens with zero attached hydrogens (tertiary/aromatic N) is 1. The number of hydrogen-bond donors (Lipinski definition) is 2. The lowest BCUT2D eigenvalue weighted by molar-refractivity contribution is -0.385. The highest BCUT2D eigenvalue weighted by molar-refractivity contribution is 7.99. The Hall–Kier alpha value is -1.53. The first kappa shape index (κ1) is 16.3. The lowest BCUT2D eigenvalue weighted by atomic mass is 10.1. The summed E-state index contributed by atoms with van der Waals surface area (Å²) >= 11 is 1.83. The number of benzene rings is 1. The molecule has 1 aromatic carbocycles. The van der Waals surface area contributed by atoms with Crippen LogP contribution >= 0.6 is 11.8 Å². The number of aryl methyl sites for hydroxylation is 1. The van der Waals surface area contributed by atoms with E-state index in [9.17, 15) is 15.2 Å². The second kappa shape index (κ2) is 6.17. The van der Waals surface area contributed by atoms with Gasteiger partial charge in [0.2, 0.25) is 0 Å². The van der Waals surface area contributed by atoms with Gasteiger partial charge in [-0.2, -0.15) is 11.8 Å². The molecule has 2 N–H and O–H groups in total. The molecule has 0 radical (unpaired) electrons. The van der Waals surface area contributed by atoms with Crippen molar-refractivity contribution in [2.24, 2.45) is 0 Å². The summed E-state index contributed by atoms with van der Waals surface area (Å²) in [5.41, 5.74) is 1.32. The molecule has 1 heterocycles. The first-order valence-electron chi connectivity index (χ1n) is 7.99. The van der Waals surface area contributed by atoms with Crippen LogP contribution < -0.4 is 0 Å². The molecule has 6 heteroatoms. The summed E-state index contributed by atoms with van der Waals surface area (Å²) in [6, 6.07) is 5.18. The Balaban J connectivity index is 1.84. The molecule has 3 rings (SSSR count). The van der Waals surface area contributed by atoms with Crippen molar-refractivity contribution in [2.45, 2.75) is 50.4 Å². The zero-order chi connectivity index (χ0) is 16.6. The van der Waals surface area contributed by atoms with Gasteiger partial charge in [-0.05, 0) is 38.8 Å². The molecule has 1 fully saturated rings. The van der Waals surface area contributed by atoms with E-state index in [2.05, 4.69) is 4.98 Å². The molecule has 0 amide bonds. The molecule has 0 aliphatic heterocycles. The summed E-state index contributed by atoms with van der Waals surface area (Å²) in [5, 5.41) is 23.3. The predicted molar refractivity (Wildman–Crippen MR) is 94.0 cm³/mol. The van der Waals surface area contributed by atoms with Crippen LogP contribution in [0.1, 0.15) is 43.9 Å². The Morgan fingerprint density at radius 3 is 2.74 bits per heavy atom. The monoisotopic (exact) mass is 334 g/mol. The number of aromatic amines is 1. The third-order valence-corrected chi connectivity index (χ3v) is 6.29. The summed E-state index contributed by atoms with van der Waals surface area (Å²) in [6.45, 7) is 3.53. The fourth-order valence-electron chi connectivity index (χ4n) is 3.18. The van der Waals surface area contributed by atoms with Gasteiger partial charge < -0.3 is 10.1 Å². The van der Waals surface area contributed by atoms with E-state index < -0.39 is 5.60 Å². The molecule has 1 aliphatic carbocycles. The summed E-state index contributed by atoms with van der Waals surface area (Å²) in [6.07, 6.45) is 5.04. The van der Waals surface area contributed by atoms with Crippen LogP contribution in [0, 0.1) is 17.0 Å². The van der Waals surface area contributed by atoms with E-state index in [1.807, 2.05) is 17.8 Å². The molecule has 0 bridgehead atoms. The topological polar surface area (TPSA) is 79.2 Å². The molecule has 1 unspecified atom stereocenters. The quantitative estimate of drug-likeness (QED) is 0.632. The SMILES string of the molecule is Cc1cc2[nH]c(C(C)(O)CSC3CCCC3)cc2cc1[N+](=O)[O-]. The molecule has 1 aromatic heterocycles. The molecule has 23 heavy (non-hydrogen) atoms. The number of hydrogen-bond acceptors (Lipinski definition) is 4. The second-order valence-electron chi connectivity index (χ2n) is 6.66. The van der Waals surface area contributed by atoms with Gasteiger partial charge in [0.25, 0.3) is 5.69 Å². The number of aromatic nitrogens is 1. The Kier molecular flexibility index (Phi) is 4.38. The molecule has 1 saturated carbocycles. The predicted octanol–water partition coefficient (Wildman–Crippen LogP) is 4.27. The highest BCUT2D eigenvalue weighted by atomic mass is 32.2. The van der Waals surface area contributed by atoms with E-state index in [0.717, 1.165) is 16.6 Å². The molecule has 2 aromatic rings. The number of rotatable bonds is 5. The minimum Gasteiger partial charge on any atom is -0.383 e. The van der Waals surface area contributed by atoms with Crippen molar-refractivity contribution in [3.05, 3.63) is 39.6 Å². The van der Waals surface area contributed by atoms with Gasteiger partial charge in [-0.1, -0.05) is 12.8 Å². The van der Waals surface area contributed by atoms with Gasteiger partial charge in [-0.15, -0.1) is 0 Å². The van der Waals surface area contributed by atoms with Gasteiger partial charge >= 0.3 is 0 Å². The third-order valence-electron chi connectivity index (χ3n) is 4.62.